The van der Waals surface area contributed by atoms with Crippen LogP contribution in [-0.4, -0.2) is 50.1 Å². The molecule has 1 saturated heterocycles. The van der Waals surface area contributed by atoms with Gasteiger partial charge in [0.25, 0.3) is 0 Å². The fourth-order valence-corrected chi connectivity index (χ4v) is 2.09. The van der Waals surface area contributed by atoms with Crippen LogP contribution in [0.1, 0.15) is 26.7 Å². The lowest BCUT2D eigenvalue weighted by molar-refractivity contribution is -0.121. The normalized spacial score (nSPS) is 21.2. The zero-order valence-corrected chi connectivity index (χ0v) is 10.6. The predicted molar refractivity (Wildman–Crippen MR) is 66.4 cm³/mol. The van der Waals surface area contributed by atoms with E-state index < -0.39 is 0 Å². The van der Waals surface area contributed by atoms with Gasteiger partial charge in [-0.25, -0.2) is 0 Å². The number of rotatable bonds is 7. The number of amides is 1. The number of likely N-dealkylation sites (tertiary alicyclic amines) is 1. The van der Waals surface area contributed by atoms with E-state index in [4.69, 9.17) is 0 Å². The van der Waals surface area contributed by atoms with Crippen LogP contribution in [0.3, 0.4) is 0 Å². The third-order valence-corrected chi connectivity index (χ3v) is 3.18. The molecule has 1 rings (SSSR count). The predicted octanol–water partition coefficient (Wildman–Crippen LogP) is 0.444. The molecule has 0 aromatic rings. The Morgan fingerprint density at radius 1 is 1.44 bits per heavy atom. The highest BCUT2D eigenvalue weighted by molar-refractivity contribution is 5.76. The van der Waals surface area contributed by atoms with Crippen LogP contribution in [0.5, 0.6) is 0 Å². The Labute approximate surface area is 98.8 Å². The molecule has 1 atom stereocenters. The van der Waals surface area contributed by atoms with Gasteiger partial charge in [0.2, 0.25) is 5.91 Å². The first-order valence-corrected chi connectivity index (χ1v) is 6.46. The van der Waals surface area contributed by atoms with Crippen LogP contribution in [0.15, 0.2) is 0 Å². The first-order chi connectivity index (χ1) is 7.76. The summed E-state index contributed by atoms with van der Waals surface area (Å²) in [6.07, 6.45) is 1.82. The zero-order chi connectivity index (χ0) is 11.8. The summed E-state index contributed by atoms with van der Waals surface area (Å²) in [5, 5.41) is 6.18. The molecule has 1 aliphatic rings. The molecule has 1 heterocycles. The Morgan fingerprint density at radius 3 is 2.88 bits per heavy atom. The molecule has 16 heavy (non-hydrogen) atoms. The third-order valence-electron chi connectivity index (χ3n) is 3.18. The molecular weight excluding hydrogens is 202 g/mol. The van der Waals surface area contributed by atoms with E-state index in [1.54, 1.807) is 0 Å². The molecule has 4 nitrogen and oxygen atoms in total. The summed E-state index contributed by atoms with van der Waals surface area (Å²) < 4.78 is 0. The lowest BCUT2D eigenvalue weighted by Crippen LogP contribution is -2.32. The van der Waals surface area contributed by atoms with Crippen molar-refractivity contribution in [2.24, 2.45) is 5.92 Å². The largest absolute Gasteiger partial charge is 0.356 e. The van der Waals surface area contributed by atoms with Crippen LogP contribution in [0.4, 0.5) is 0 Å². The van der Waals surface area contributed by atoms with Crippen molar-refractivity contribution in [2.45, 2.75) is 26.7 Å². The summed E-state index contributed by atoms with van der Waals surface area (Å²) in [4.78, 5) is 13.9. The Morgan fingerprint density at radius 2 is 2.25 bits per heavy atom. The van der Waals surface area contributed by atoms with Gasteiger partial charge in [0.05, 0.1) is 0 Å². The maximum absolute atomic E-state index is 11.5. The van der Waals surface area contributed by atoms with E-state index in [1.807, 2.05) is 0 Å². The van der Waals surface area contributed by atoms with Crippen molar-refractivity contribution in [3.8, 4) is 0 Å². The molecule has 1 unspecified atom stereocenters. The number of nitrogens with zero attached hydrogens (tertiary/aromatic N) is 1. The molecule has 94 valence electrons. The van der Waals surface area contributed by atoms with Crippen LogP contribution in [0.2, 0.25) is 0 Å². The Hall–Kier alpha value is -0.610. The molecule has 1 fully saturated rings. The van der Waals surface area contributed by atoms with Crippen molar-refractivity contribution in [3.63, 3.8) is 0 Å². The van der Waals surface area contributed by atoms with Crippen LogP contribution < -0.4 is 10.6 Å². The molecule has 0 aromatic heterocycles. The molecule has 0 aromatic carbocycles. The molecule has 0 radical (unpaired) electrons. The standard InChI is InChI=1S/C12H25N3O/c1-3-13-7-5-12(16)14-9-11-6-8-15(4-2)10-11/h11,13H,3-10H2,1-2H3,(H,14,16). The Bertz CT molecular complexity index is 208. The van der Waals surface area contributed by atoms with Crippen molar-refractivity contribution < 1.29 is 4.79 Å². The zero-order valence-electron chi connectivity index (χ0n) is 10.6. The van der Waals surface area contributed by atoms with Gasteiger partial charge in [-0.15, -0.1) is 0 Å². The van der Waals surface area contributed by atoms with E-state index in [9.17, 15) is 4.79 Å². The van der Waals surface area contributed by atoms with E-state index in [-0.39, 0.29) is 5.91 Å². The van der Waals surface area contributed by atoms with Crippen LogP contribution in [-0.2, 0) is 4.79 Å². The summed E-state index contributed by atoms with van der Waals surface area (Å²) in [7, 11) is 0. The van der Waals surface area contributed by atoms with Crippen molar-refractivity contribution in [1.29, 1.82) is 0 Å². The van der Waals surface area contributed by atoms with Gasteiger partial charge >= 0.3 is 0 Å². The Kier molecular flexibility index (Phi) is 6.42. The fourth-order valence-electron chi connectivity index (χ4n) is 2.09. The summed E-state index contributed by atoms with van der Waals surface area (Å²) in [6, 6.07) is 0. The van der Waals surface area contributed by atoms with Crippen molar-refractivity contribution in [1.82, 2.24) is 15.5 Å². The molecule has 4 heteroatoms. The van der Waals surface area contributed by atoms with Gasteiger partial charge < -0.3 is 15.5 Å². The molecule has 0 spiro atoms. The maximum Gasteiger partial charge on any atom is 0.221 e. The number of carbonyl (C=O) groups excluding carboxylic acids is 1. The second-order valence-electron chi connectivity index (χ2n) is 4.46. The highest BCUT2D eigenvalue weighted by Crippen LogP contribution is 2.14. The highest BCUT2D eigenvalue weighted by atomic mass is 16.1. The number of carbonyl (C=O) groups is 1. The number of hydrogen-bond donors (Lipinski definition) is 2. The second-order valence-corrected chi connectivity index (χ2v) is 4.46. The molecule has 0 aliphatic carbocycles. The quantitative estimate of drug-likeness (QED) is 0.621. The van der Waals surface area contributed by atoms with Crippen LogP contribution >= 0.6 is 0 Å². The third kappa shape index (κ3) is 4.94. The van der Waals surface area contributed by atoms with Gasteiger partial charge in [0.15, 0.2) is 0 Å². The molecule has 0 saturated carbocycles. The van der Waals surface area contributed by atoms with Gasteiger partial charge in [0.1, 0.15) is 0 Å². The van der Waals surface area contributed by atoms with E-state index in [0.717, 1.165) is 32.7 Å². The smallest absolute Gasteiger partial charge is 0.221 e. The summed E-state index contributed by atoms with van der Waals surface area (Å²) in [6.45, 7) is 10.3. The van der Waals surface area contributed by atoms with Gasteiger partial charge in [-0.3, -0.25) is 4.79 Å². The SMILES string of the molecule is CCNCCC(=O)NCC1CCN(CC)C1. The summed E-state index contributed by atoms with van der Waals surface area (Å²) in [5.74, 6) is 0.832. The van der Waals surface area contributed by atoms with E-state index in [0.29, 0.717) is 12.3 Å². The average Bonchev–Trinajstić information content (AvgIpc) is 2.74. The lowest BCUT2D eigenvalue weighted by Gasteiger charge is -2.13. The maximum atomic E-state index is 11.5. The summed E-state index contributed by atoms with van der Waals surface area (Å²) >= 11 is 0. The van der Waals surface area contributed by atoms with E-state index in [2.05, 4.69) is 29.4 Å². The van der Waals surface area contributed by atoms with Gasteiger partial charge in [0, 0.05) is 26.1 Å². The topological polar surface area (TPSA) is 44.4 Å². The molecule has 1 aliphatic heterocycles. The van der Waals surface area contributed by atoms with Crippen LogP contribution in [0.25, 0.3) is 0 Å². The second kappa shape index (κ2) is 7.63. The van der Waals surface area contributed by atoms with E-state index in [1.165, 1.54) is 13.0 Å². The monoisotopic (exact) mass is 227 g/mol. The highest BCUT2D eigenvalue weighted by Gasteiger charge is 2.21. The van der Waals surface area contributed by atoms with Crippen molar-refractivity contribution in [3.05, 3.63) is 0 Å². The van der Waals surface area contributed by atoms with Crippen molar-refractivity contribution in [2.75, 3.05) is 39.3 Å². The molecule has 2 N–H and O–H groups in total. The number of hydrogen-bond acceptors (Lipinski definition) is 3. The first kappa shape index (κ1) is 13.5. The molecule has 0 bridgehead atoms. The van der Waals surface area contributed by atoms with Gasteiger partial charge in [-0.2, -0.15) is 0 Å². The molecular formula is C12H25N3O. The summed E-state index contributed by atoms with van der Waals surface area (Å²) in [5.41, 5.74) is 0. The van der Waals surface area contributed by atoms with Gasteiger partial charge in [-0.1, -0.05) is 13.8 Å². The minimum Gasteiger partial charge on any atom is -0.356 e. The van der Waals surface area contributed by atoms with E-state index >= 15 is 0 Å². The minimum atomic E-state index is 0.177. The van der Waals surface area contributed by atoms with Crippen molar-refractivity contribution >= 4 is 5.91 Å². The number of nitrogens with one attached hydrogen (secondary N) is 2. The average molecular weight is 227 g/mol. The van der Waals surface area contributed by atoms with Crippen LogP contribution in [0, 0.1) is 5.92 Å². The molecule has 1 amide bonds. The Balaban J connectivity index is 2.04. The van der Waals surface area contributed by atoms with Gasteiger partial charge in [-0.05, 0) is 32.0 Å². The lowest BCUT2D eigenvalue weighted by atomic mass is 10.1. The minimum absolute atomic E-state index is 0.177. The fraction of sp³-hybridized carbons (Fsp3) is 0.917. The first-order valence-electron chi connectivity index (χ1n) is 6.46.